The second-order valence-electron chi connectivity index (χ2n) is 4.02. The Labute approximate surface area is 125 Å². The van der Waals surface area contributed by atoms with Crippen molar-refractivity contribution < 1.29 is 0 Å². The number of nitrogens with one attached hydrogen (secondary N) is 1. The van der Waals surface area contributed by atoms with E-state index in [9.17, 15) is 0 Å². The van der Waals surface area contributed by atoms with E-state index in [0.29, 0.717) is 6.04 Å². The summed E-state index contributed by atoms with van der Waals surface area (Å²) >= 11 is 7.24. The van der Waals surface area contributed by atoms with E-state index in [1.165, 1.54) is 13.6 Å². The molecule has 0 bridgehead atoms. The molecular weight excluding hydrogens is 326 g/mol. The number of thioether (sulfide) groups is 1. The second kappa shape index (κ2) is 7.34. The van der Waals surface area contributed by atoms with Gasteiger partial charge < -0.3 is 5.32 Å². The summed E-state index contributed by atoms with van der Waals surface area (Å²) in [6.07, 6.45) is 1.09. The maximum atomic E-state index is 3.51. The zero-order valence-electron chi connectivity index (χ0n) is 10.2. The fraction of sp³-hybridized carbons (Fsp3) is 0.286. The minimum Gasteiger partial charge on any atom is -0.316 e. The first-order valence-corrected chi connectivity index (χ1v) is 8.47. The van der Waals surface area contributed by atoms with Gasteiger partial charge in [-0.1, -0.05) is 18.2 Å². The summed E-state index contributed by atoms with van der Waals surface area (Å²) in [5.41, 5.74) is 0. The summed E-state index contributed by atoms with van der Waals surface area (Å²) in [5.74, 6) is 1.09. The van der Waals surface area contributed by atoms with Gasteiger partial charge in [-0.05, 0) is 53.7 Å². The summed E-state index contributed by atoms with van der Waals surface area (Å²) < 4.78 is 1.21. The van der Waals surface area contributed by atoms with Gasteiger partial charge in [0.2, 0.25) is 0 Å². The van der Waals surface area contributed by atoms with Gasteiger partial charge in [0.05, 0.1) is 3.79 Å². The summed E-state index contributed by atoms with van der Waals surface area (Å²) in [6.45, 7) is 0. The number of benzene rings is 1. The minimum atomic E-state index is 0.515. The molecule has 1 atom stereocenters. The molecule has 2 rings (SSSR count). The Hall–Kier alpha value is -0.290. The largest absolute Gasteiger partial charge is 0.316 e. The van der Waals surface area contributed by atoms with Crippen LogP contribution in [0.25, 0.3) is 0 Å². The van der Waals surface area contributed by atoms with Crippen LogP contribution in [0.2, 0.25) is 0 Å². The van der Waals surface area contributed by atoms with Crippen molar-refractivity contribution in [3.8, 4) is 0 Å². The van der Waals surface area contributed by atoms with Crippen LogP contribution >= 0.6 is 39.0 Å². The molecule has 0 radical (unpaired) electrons. The molecule has 1 unspecified atom stereocenters. The molecule has 0 aliphatic rings. The van der Waals surface area contributed by atoms with E-state index >= 15 is 0 Å². The third kappa shape index (κ3) is 4.43. The fourth-order valence-electron chi connectivity index (χ4n) is 1.66. The third-order valence-electron chi connectivity index (χ3n) is 2.68. The molecule has 0 amide bonds. The van der Waals surface area contributed by atoms with E-state index in [-0.39, 0.29) is 0 Å². The van der Waals surface area contributed by atoms with E-state index in [4.69, 9.17) is 0 Å². The van der Waals surface area contributed by atoms with E-state index in [0.717, 1.165) is 12.2 Å². The Morgan fingerprint density at radius 2 is 2.00 bits per heavy atom. The van der Waals surface area contributed by atoms with Gasteiger partial charge in [0.15, 0.2) is 0 Å². The molecular formula is C14H16BrNS2. The van der Waals surface area contributed by atoms with Crippen molar-refractivity contribution in [2.75, 3.05) is 12.8 Å². The highest BCUT2D eigenvalue weighted by atomic mass is 79.9. The van der Waals surface area contributed by atoms with Gasteiger partial charge in [-0.25, -0.2) is 0 Å². The number of hydrogen-bond acceptors (Lipinski definition) is 3. The first kappa shape index (κ1) is 14.1. The highest BCUT2D eigenvalue weighted by Gasteiger charge is 2.09. The number of rotatable bonds is 6. The Morgan fingerprint density at radius 1 is 1.22 bits per heavy atom. The summed E-state index contributed by atoms with van der Waals surface area (Å²) in [5, 5.41) is 3.40. The van der Waals surface area contributed by atoms with Gasteiger partial charge in [0, 0.05) is 21.6 Å². The van der Waals surface area contributed by atoms with Crippen molar-refractivity contribution >= 4 is 39.0 Å². The average Bonchev–Trinajstić information content (AvgIpc) is 2.81. The van der Waals surface area contributed by atoms with E-state index in [1.807, 2.05) is 30.1 Å². The molecule has 0 saturated carbocycles. The molecule has 96 valence electrons. The van der Waals surface area contributed by atoms with Crippen LogP contribution in [0.15, 0.2) is 51.1 Å². The Kier molecular flexibility index (Phi) is 5.76. The van der Waals surface area contributed by atoms with Crippen molar-refractivity contribution in [3.05, 3.63) is 51.1 Å². The van der Waals surface area contributed by atoms with Gasteiger partial charge in [-0.15, -0.1) is 23.1 Å². The monoisotopic (exact) mass is 341 g/mol. The Balaban J connectivity index is 1.86. The lowest BCUT2D eigenvalue weighted by atomic mass is 10.2. The van der Waals surface area contributed by atoms with E-state index in [1.54, 1.807) is 0 Å². The zero-order chi connectivity index (χ0) is 12.8. The molecule has 0 aliphatic heterocycles. The molecule has 18 heavy (non-hydrogen) atoms. The van der Waals surface area contributed by atoms with Crippen LogP contribution in [-0.4, -0.2) is 18.8 Å². The molecule has 0 spiro atoms. The normalized spacial score (nSPS) is 12.6. The molecule has 1 aromatic carbocycles. The highest BCUT2D eigenvalue weighted by molar-refractivity contribution is 9.11. The van der Waals surface area contributed by atoms with Gasteiger partial charge >= 0.3 is 0 Å². The molecule has 4 heteroatoms. The molecule has 1 aromatic heterocycles. The molecule has 0 aliphatic carbocycles. The quantitative estimate of drug-likeness (QED) is 0.780. The smallest absolute Gasteiger partial charge is 0.0701 e. The van der Waals surface area contributed by atoms with Crippen LogP contribution in [0.4, 0.5) is 0 Å². The van der Waals surface area contributed by atoms with Crippen molar-refractivity contribution in [3.63, 3.8) is 0 Å². The molecule has 1 heterocycles. The van der Waals surface area contributed by atoms with Crippen LogP contribution in [0, 0.1) is 0 Å². The predicted octanol–water partition coefficient (Wildman–Crippen LogP) is 4.43. The van der Waals surface area contributed by atoms with Crippen molar-refractivity contribution in [2.45, 2.75) is 17.4 Å². The van der Waals surface area contributed by atoms with Crippen molar-refractivity contribution in [1.82, 2.24) is 5.32 Å². The first-order valence-electron chi connectivity index (χ1n) is 5.87. The maximum Gasteiger partial charge on any atom is 0.0701 e. The first-order chi connectivity index (χ1) is 8.78. The Morgan fingerprint density at radius 3 is 2.61 bits per heavy atom. The average molecular weight is 342 g/mol. The molecule has 1 N–H and O–H groups in total. The van der Waals surface area contributed by atoms with Crippen LogP contribution in [0.3, 0.4) is 0 Å². The lowest BCUT2D eigenvalue weighted by Crippen LogP contribution is -2.29. The fourth-order valence-corrected chi connectivity index (χ4v) is 4.25. The SMILES string of the molecule is CNC(CSc1ccccc1)Cc1ccc(Br)s1. The predicted molar refractivity (Wildman–Crippen MR) is 85.7 cm³/mol. The molecule has 0 saturated heterocycles. The van der Waals surface area contributed by atoms with Crippen LogP contribution < -0.4 is 5.32 Å². The van der Waals surface area contributed by atoms with Gasteiger partial charge in [-0.3, -0.25) is 0 Å². The standard InChI is InChI=1S/C14H16BrNS2/c1-16-11(9-13-7-8-14(15)18-13)10-17-12-5-3-2-4-6-12/h2-8,11,16H,9-10H2,1H3. The van der Waals surface area contributed by atoms with Crippen LogP contribution in [0.1, 0.15) is 4.88 Å². The molecule has 2 aromatic rings. The lowest BCUT2D eigenvalue weighted by Gasteiger charge is -2.14. The summed E-state index contributed by atoms with van der Waals surface area (Å²) in [4.78, 5) is 2.76. The number of hydrogen-bond donors (Lipinski definition) is 1. The number of likely N-dealkylation sites (N-methyl/N-ethyl adjacent to an activating group) is 1. The van der Waals surface area contributed by atoms with Crippen LogP contribution in [0.5, 0.6) is 0 Å². The lowest BCUT2D eigenvalue weighted by molar-refractivity contribution is 0.622. The number of halogens is 1. The van der Waals surface area contributed by atoms with Gasteiger partial charge in [0.25, 0.3) is 0 Å². The van der Waals surface area contributed by atoms with Gasteiger partial charge in [0.1, 0.15) is 0 Å². The van der Waals surface area contributed by atoms with E-state index < -0.39 is 0 Å². The highest BCUT2D eigenvalue weighted by Crippen LogP contribution is 2.25. The number of thiophene rings is 1. The van der Waals surface area contributed by atoms with E-state index in [2.05, 4.69) is 63.7 Å². The topological polar surface area (TPSA) is 12.0 Å². The second-order valence-corrected chi connectivity index (χ2v) is 7.66. The molecule has 1 nitrogen and oxygen atoms in total. The van der Waals surface area contributed by atoms with Gasteiger partial charge in [-0.2, -0.15) is 0 Å². The Bertz CT molecular complexity index is 470. The third-order valence-corrected chi connectivity index (χ3v) is 5.50. The minimum absolute atomic E-state index is 0.515. The van der Waals surface area contributed by atoms with Crippen LogP contribution in [-0.2, 0) is 6.42 Å². The maximum absolute atomic E-state index is 3.51. The molecule has 0 fully saturated rings. The summed E-state index contributed by atoms with van der Waals surface area (Å²) in [6, 6.07) is 15.4. The zero-order valence-corrected chi connectivity index (χ0v) is 13.4. The summed E-state index contributed by atoms with van der Waals surface area (Å²) in [7, 11) is 2.04. The van der Waals surface area contributed by atoms with Crippen molar-refractivity contribution in [2.24, 2.45) is 0 Å². The van der Waals surface area contributed by atoms with Crippen molar-refractivity contribution in [1.29, 1.82) is 0 Å².